The third-order valence-corrected chi connectivity index (χ3v) is 4.38. The fourth-order valence-corrected chi connectivity index (χ4v) is 2.72. The first-order valence-electron chi connectivity index (χ1n) is 8.77. The molecule has 1 aliphatic rings. The van der Waals surface area contributed by atoms with E-state index in [2.05, 4.69) is 17.9 Å². The molecular weight excluding hydrogens is 405 g/mol. The molecule has 0 bridgehead atoms. The molecule has 0 amide bonds. The van der Waals surface area contributed by atoms with Crippen LogP contribution in [0.4, 0.5) is 5.69 Å². The van der Waals surface area contributed by atoms with Gasteiger partial charge in [-0.2, -0.15) is 0 Å². The molecule has 0 spiro atoms. The molecule has 0 fully saturated rings. The van der Waals surface area contributed by atoms with Crippen LogP contribution in [0.25, 0.3) is 0 Å². The van der Waals surface area contributed by atoms with Gasteiger partial charge in [0.2, 0.25) is 0 Å². The van der Waals surface area contributed by atoms with E-state index in [1.165, 1.54) is 0 Å². The van der Waals surface area contributed by atoms with Crippen LogP contribution in [0, 0.1) is 0 Å². The number of benzene rings is 2. The van der Waals surface area contributed by atoms with Gasteiger partial charge in [0, 0.05) is 9.92 Å². The number of carbonyl (C=O) groups is 1. The van der Waals surface area contributed by atoms with Crippen molar-refractivity contribution in [3.63, 3.8) is 0 Å². The van der Waals surface area contributed by atoms with E-state index in [-0.39, 0.29) is 12.0 Å². The zero-order chi connectivity index (χ0) is 20.2. The normalized spacial score (nSPS) is 14.1. The number of anilines is 1. The first-order valence-corrected chi connectivity index (χ1v) is 9.98. The Hall–Kier alpha value is -1.56. The second-order valence-electron chi connectivity index (χ2n) is 5.25. The molecule has 0 saturated carbocycles. The summed E-state index contributed by atoms with van der Waals surface area (Å²) in [7, 11) is 0. The van der Waals surface area contributed by atoms with Crippen molar-refractivity contribution < 1.29 is 14.3 Å². The minimum Gasteiger partial charge on any atom is -0.489 e. The van der Waals surface area contributed by atoms with Crippen molar-refractivity contribution in [1.29, 1.82) is 0 Å². The minimum atomic E-state index is -0.192. The van der Waals surface area contributed by atoms with E-state index in [4.69, 9.17) is 32.7 Å². The lowest BCUT2D eigenvalue weighted by molar-refractivity contribution is -0.143. The number of para-hydroxylation sites is 2. The molecule has 148 valence electrons. The molecule has 0 aromatic heterocycles. The largest absolute Gasteiger partial charge is 0.489 e. The Balaban J connectivity index is 0.000000282. The average Bonchev–Trinajstić information content (AvgIpc) is 2.67. The number of esters is 1. The number of hydrogen-bond donors (Lipinski definition) is 2. The number of rotatable bonds is 3. The van der Waals surface area contributed by atoms with Gasteiger partial charge in [-0.1, -0.05) is 49.2 Å². The van der Waals surface area contributed by atoms with E-state index < -0.39 is 0 Å². The number of halogens is 2. The smallest absolute Gasteiger partial charge is 0.307 e. The van der Waals surface area contributed by atoms with Crippen LogP contribution >= 0.6 is 35.8 Å². The number of thiol groups is 1. The Morgan fingerprint density at radius 3 is 2.59 bits per heavy atom. The van der Waals surface area contributed by atoms with Crippen LogP contribution < -0.4 is 10.1 Å². The second kappa shape index (κ2) is 12.8. The lowest BCUT2D eigenvalue weighted by atomic mass is 10.1. The van der Waals surface area contributed by atoms with Crippen LogP contribution in [0.3, 0.4) is 0 Å². The van der Waals surface area contributed by atoms with Gasteiger partial charge < -0.3 is 14.8 Å². The average molecular weight is 430 g/mol. The zero-order valence-corrected chi connectivity index (χ0v) is 18.1. The van der Waals surface area contributed by atoms with E-state index in [0.29, 0.717) is 29.7 Å². The zero-order valence-electron chi connectivity index (χ0n) is 15.7. The molecule has 7 heteroatoms. The van der Waals surface area contributed by atoms with E-state index in [0.717, 1.165) is 16.3 Å². The quantitative estimate of drug-likeness (QED) is 0.455. The minimum absolute atomic E-state index is 0.00560. The van der Waals surface area contributed by atoms with Gasteiger partial charge in [0.05, 0.1) is 29.8 Å². The molecule has 2 aromatic rings. The van der Waals surface area contributed by atoms with E-state index >= 15 is 0 Å². The lowest BCUT2D eigenvalue weighted by Gasteiger charge is -2.26. The van der Waals surface area contributed by atoms with Gasteiger partial charge in [-0.05, 0) is 37.3 Å². The van der Waals surface area contributed by atoms with E-state index in [9.17, 15) is 4.79 Å². The van der Waals surface area contributed by atoms with Gasteiger partial charge in [0.25, 0.3) is 0 Å². The molecule has 1 heterocycles. The number of ether oxygens (including phenoxy) is 2. The maximum absolute atomic E-state index is 11.3. The van der Waals surface area contributed by atoms with Crippen LogP contribution in [0.1, 0.15) is 27.2 Å². The highest BCUT2D eigenvalue weighted by molar-refractivity contribution is 7.80. The summed E-state index contributed by atoms with van der Waals surface area (Å²) in [4.78, 5) is 12.1. The monoisotopic (exact) mass is 429 g/mol. The van der Waals surface area contributed by atoms with Gasteiger partial charge in [-0.3, -0.25) is 4.79 Å². The van der Waals surface area contributed by atoms with Crippen LogP contribution in [0.2, 0.25) is 10.0 Å². The molecule has 2 aromatic carbocycles. The fourth-order valence-electron chi connectivity index (χ4n) is 2.18. The molecule has 1 unspecified atom stereocenters. The molecule has 0 radical (unpaired) electrons. The number of hydrogen-bond acceptors (Lipinski definition) is 5. The van der Waals surface area contributed by atoms with Gasteiger partial charge in [-0.25, -0.2) is 0 Å². The lowest BCUT2D eigenvalue weighted by Crippen LogP contribution is -2.33. The molecule has 0 aliphatic carbocycles. The molecule has 1 atom stereocenters. The summed E-state index contributed by atoms with van der Waals surface area (Å²) in [6.45, 7) is 6.72. The van der Waals surface area contributed by atoms with Crippen LogP contribution in [-0.2, 0) is 9.53 Å². The third kappa shape index (κ3) is 8.33. The number of fused-ring (bicyclic) bond motifs is 1. The Kier molecular flexibility index (Phi) is 11.1. The summed E-state index contributed by atoms with van der Waals surface area (Å²) in [6.07, 6.45) is 0.335. The van der Waals surface area contributed by atoms with Crippen LogP contribution in [0.5, 0.6) is 5.75 Å². The number of carbonyl (C=O) groups excluding carboxylic acids is 1. The summed E-state index contributed by atoms with van der Waals surface area (Å²) in [6, 6.07) is 12.9. The maximum Gasteiger partial charge on any atom is 0.307 e. The topological polar surface area (TPSA) is 47.6 Å². The van der Waals surface area contributed by atoms with Crippen molar-refractivity contribution in [2.75, 3.05) is 18.5 Å². The van der Waals surface area contributed by atoms with Gasteiger partial charge in [0.1, 0.15) is 12.4 Å². The molecule has 4 nitrogen and oxygen atoms in total. The molecule has 27 heavy (non-hydrogen) atoms. The van der Waals surface area contributed by atoms with Crippen molar-refractivity contribution in [2.45, 2.75) is 38.1 Å². The Bertz CT molecular complexity index is 728. The van der Waals surface area contributed by atoms with Gasteiger partial charge >= 0.3 is 5.97 Å². The summed E-state index contributed by atoms with van der Waals surface area (Å²) in [5, 5.41) is 4.49. The highest BCUT2D eigenvalue weighted by Gasteiger charge is 2.21. The highest BCUT2D eigenvalue weighted by Crippen LogP contribution is 2.28. The summed E-state index contributed by atoms with van der Waals surface area (Å²) in [5.41, 5.74) is 0.933. The van der Waals surface area contributed by atoms with E-state index in [1.54, 1.807) is 25.1 Å². The van der Waals surface area contributed by atoms with Gasteiger partial charge in [-0.15, -0.1) is 12.6 Å². The van der Waals surface area contributed by atoms with Crippen LogP contribution in [-0.4, -0.2) is 25.2 Å². The fraction of sp³-hybridized carbons (Fsp3) is 0.350. The SMILES string of the molecule is CC.CCOC(=O)CC1COc2ccccc2N1.Sc1ccc(Cl)cc1Cl. The highest BCUT2D eigenvalue weighted by atomic mass is 35.5. The Morgan fingerprint density at radius 1 is 1.26 bits per heavy atom. The first kappa shape index (κ1) is 23.5. The molecule has 1 aliphatic heterocycles. The number of nitrogens with one attached hydrogen (secondary N) is 1. The van der Waals surface area contributed by atoms with Crippen molar-refractivity contribution in [2.24, 2.45) is 0 Å². The van der Waals surface area contributed by atoms with E-state index in [1.807, 2.05) is 38.1 Å². The summed E-state index contributed by atoms with van der Waals surface area (Å²) in [5.74, 6) is 0.644. The van der Waals surface area contributed by atoms with Crippen LogP contribution in [0.15, 0.2) is 47.4 Å². The molecule has 0 saturated heterocycles. The standard InChI is InChI=1S/C12H15NO3.C6H4Cl2S.C2H6/c1-2-15-12(14)7-9-8-16-11-6-4-3-5-10(11)13-9;7-4-1-2-6(9)5(8)3-4;1-2/h3-6,9,13H,2,7-8H2,1H3;1-3,9H;1-2H3. The molecule has 1 N–H and O–H groups in total. The van der Waals surface area contributed by atoms with Crippen molar-refractivity contribution >= 4 is 47.5 Å². The van der Waals surface area contributed by atoms with Crippen molar-refractivity contribution in [3.8, 4) is 5.75 Å². The van der Waals surface area contributed by atoms with Crippen molar-refractivity contribution in [1.82, 2.24) is 0 Å². The maximum atomic E-state index is 11.3. The van der Waals surface area contributed by atoms with Gasteiger partial charge in [0.15, 0.2) is 0 Å². The summed E-state index contributed by atoms with van der Waals surface area (Å²) >= 11 is 15.3. The first-order chi connectivity index (χ1) is 13.0. The Morgan fingerprint density at radius 2 is 1.96 bits per heavy atom. The van der Waals surface area contributed by atoms with Crippen molar-refractivity contribution in [3.05, 3.63) is 52.5 Å². The predicted molar refractivity (Wildman–Crippen MR) is 116 cm³/mol. The predicted octanol–water partition coefficient (Wildman–Crippen LogP) is 6.12. The second-order valence-corrected chi connectivity index (χ2v) is 6.58. The molecular formula is C20H25Cl2NO3S. The summed E-state index contributed by atoms with van der Waals surface area (Å²) < 4.78 is 10.4. The third-order valence-electron chi connectivity index (χ3n) is 3.31. The Labute approximate surface area is 176 Å². The molecule has 3 rings (SSSR count).